The van der Waals surface area contributed by atoms with Gasteiger partial charge in [-0.1, -0.05) is 18.2 Å². The van der Waals surface area contributed by atoms with Gasteiger partial charge >= 0.3 is 24.6 Å². The average Bonchev–Trinajstić information content (AvgIpc) is 3.43. The molecular formula is C26H21F9N2O2S. The third kappa shape index (κ3) is 6.11. The lowest BCUT2D eigenvalue weighted by molar-refractivity contribution is -0.143. The summed E-state index contributed by atoms with van der Waals surface area (Å²) in [6.07, 6.45) is -17.6. The third-order valence-corrected chi connectivity index (χ3v) is 7.64. The van der Waals surface area contributed by atoms with Crippen LogP contribution in [0.1, 0.15) is 53.3 Å². The van der Waals surface area contributed by atoms with Crippen molar-refractivity contribution in [2.45, 2.75) is 57.1 Å². The SMILES string of the molecule is C=C(C)C1CSC(c2ccc(C(F)(F)F)cc2CN2C(=O)O[C@H](c3cc(C(F)(F)F)cc(C(F)(F)F)c3)[C@@H]2C)=N1. The summed E-state index contributed by atoms with van der Waals surface area (Å²) in [7, 11) is 0. The maximum atomic E-state index is 13.5. The highest BCUT2D eigenvalue weighted by Crippen LogP contribution is 2.42. The van der Waals surface area contributed by atoms with Crippen molar-refractivity contribution in [3.05, 3.63) is 81.9 Å². The maximum Gasteiger partial charge on any atom is 0.416 e. The highest BCUT2D eigenvalue weighted by molar-refractivity contribution is 8.14. The Morgan fingerprint density at radius 2 is 1.55 bits per heavy atom. The summed E-state index contributed by atoms with van der Waals surface area (Å²) in [6, 6.07) is 2.42. The molecular weight excluding hydrogens is 575 g/mol. The number of nitrogens with zero attached hydrogens (tertiary/aromatic N) is 2. The van der Waals surface area contributed by atoms with Gasteiger partial charge in [-0.05, 0) is 55.3 Å². The molecule has 1 fully saturated rings. The lowest BCUT2D eigenvalue weighted by Gasteiger charge is -2.24. The van der Waals surface area contributed by atoms with E-state index in [0.717, 1.165) is 22.6 Å². The summed E-state index contributed by atoms with van der Waals surface area (Å²) in [5.41, 5.74) is -3.62. The van der Waals surface area contributed by atoms with Crippen LogP contribution >= 0.6 is 11.8 Å². The molecule has 0 aliphatic carbocycles. The molecule has 40 heavy (non-hydrogen) atoms. The minimum Gasteiger partial charge on any atom is -0.439 e. The first kappa shape index (κ1) is 29.8. The summed E-state index contributed by atoms with van der Waals surface area (Å²) in [5.74, 6) is 0.506. The average molecular weight is 597 g/mol. The predicted molar refractivity (Wildman–Crippen MR) is 130 cm³/mol. The summed E-state index contributed by atoms with van der Waals surface area (Å²) in [6.45, 7) is 6.46. The van der Waals surface area contributed by atoms with Gasteiger partial charge in [0.15, 0.2) is 0 Å². The largest absolute Gasteiger partial charge is 0.439 e. The van der Waals surface area contributed by atoms with Gasteiger partial charge in [0.1, 0.15) is 6.10 Å². The van der Waals surface area contributed by atoms with Gasteiger partial charge in [0.05, 0.1) is 40.4 Å². The van der Waals surface area contributed by atoms with Crippen molar-refractivity contribution in [1.82, 2.24) is 4.90 Å². The number of ether oxygens (including phenoxy) is 1. The molecule has 1 saturated heterocycles. The molecule has 14 heteroatoms. The Labute approximate surface area is 226 Å². The van der Waals surface area contributed by atoms with Crippen LogP contribution in [0.25, 0.3) is 0 Å². The molecule has 2 aromatic carbocycles. The minimum absolute atomic E-state index is 0.0351. The number of hydrogen-bond acceptors (Lipinski definition) is 4. The number of alkyl halides is 9. The van der Waals surface area contributed by atoms with Gasteiger partial charge in [0.25, 0.3) is 0 Å². The van der Waals surface area contributed by atoms with Crippen LogP contribution in [0.4, 0.5) is 44.3 Å². The van der Waals surface area contributed by atoms with E-state index in [0.29, 0.717) is 28.5 Å². The fraction of sp³-hybridized carbons (Fsp3) is 0.385. The normalized spacial score (nSPS) is 22.0. The van der Waals surface area contributed by atoms with Gasteiger partial charge in [0.2, 0.25) is 0 Å². The Morgan fingerprint density at radius 3 is 2.05 bits per heavy atom. The van der Waals surface area contributed by atoms with E-state index < -0.39 is 65.6 Å². The van der Waals surface area contributed by atoms with Crippen molar-refractivity contribution in [3.63, 3.8) is 0 Å². The van der Waals surface area contributed by atoms with Crippen LogP contribution in [0.2, 0.25) is 0 Å². The number of benzene rings is 2. The van der Waals surface area contributed by atoms with Gasteiger partial charge in [-0.3, -0.25) is 9.89 Å². The molecule has 4 rings (SSSR count). The van der Waals surface area contributed by atoms with Crippen LogP contribution < -0.4 is 0 Å². The topological polar surface area (TPSA) is 41.9 Å². The number of rotatable bonds is 5. The lowest BCUT2D eigenvalue weighted by Crippen LogP contribution is -2.32. The quantitative estimate of drug-likeness (QED) is 0.258. The Bertz CT molecular complexity index is 1330. The molecule has 0 N–H and O–H groups in total. The monoisotopic (exact) mass is 596 g/mol. The van der Waals surface area contributed by atoms with Crippen LogP contribution in [-0.4, -0.2) is 33.9 Å². The van der Waals surface area contributed by atoms with Crippen molar-refractivity contribution in [2.24, 2.45) is 4.99 Å². The molecule has 216 valence electrons. The standard InChI is InChI=1S/C26H21F9N2O2S/c1-12(2)20-11-40-22(36-20)19-5-4-16(24(27,28)29)8-15(19)10-37-13(3)21(39-23(37)38)14-6-17(25(30,31)32)9-18(7-14)26(33,34)35/h4-9,13,20-21H,1,10-11H2,2-3H3/t13-,20?,21-/m0/s1. The first-order valence-electron chi connectivity index (χ1n) is 11.7. The van der Waals surface area contributed by atoms with Crippen LogP contribution in [0.15, 0.2) is 53.5 Å². The molecule has 2 heterocycles. The van der Waals surface area contributed by atoms with Crippen molar-refractivity contribution in [3.8, 4) is 0 Å². The van der Waals surface area contributed by atoms with E-state index in [-0.39, 0.29) is 17.7 Å². The lowest BCUT2D eigenvalue weighted by atomic mass is 9.97. The molecule has 1 amide bonds. The summed E-state index contributed by atoms with van der Waals surface area (Å²) in [4.78, 5) is 18.2. The van der Waals surface area contributed by atoms with Crippen molar-refractivity contribution in [2.75, 3.05) is 5.75 Å². The van der Waals surface area contributed by atoms with Gasteiger partial charge in [-0.2, -0.15) is 39.5 Å². The van der Waals surface area contributed by atoms with Gasteiger partial charge < -0.3 is 4.74 Å². The van der Waals surface area contributed by atoms with Crippen LogP contribution in [0.3, 0.4) is 0 Å². The summed E-state index contributed by atoms with van der Waals surface area (Å²) < 4.78 is 126. The van der Waals surface area contributed by atoms with E-state index in [9.17, 15) is 44.3 Å². The van der Waals surface area contributed by atoms with Crippen LogP contribution in [0.5, 0.6) is 0 Å². The van der Waals surface area contributed by atoms with E-state index in [2.05, 4.69) is 11.6 Å². The molecule has 0 bridgehead atoms. The van der Waals surface area contributed by atoms with Crippen LogP contribution in [-0.2, 0) is 29.8 Å². The number of hydrogen-bond donors (Lipinski definition) is 0. The second-order valence-electron chi connectivity index (χ2n) is 9.49. The molecule has 2 aliphatic rings. The number of amides is 1. The maximum absolute atomic E-state index is 13.5. The predicted octanol–water partition coefficient (Wildman–Crippen LogP) is 8.26. The molecule has 0 spiro atoms. The minimum atomic E-state index is -5.12. The highest BCUT2D eigenvalue weighted by Gasteiger charge is 2.44. The van der Waals surface area contributed by atoms with E-state index >= 15 is 0 Å². The second kappa shape index (κ2) is 10.3. The van der Waals surface area contributed by atoms with E-state index in [4.69, 9.17) is 4.74 Å². The fourth-order valence-electron chi connectivity index (χ4n) is 4.37. The van der Waals surface area contributed by atoms with Gasteiger partial charge in [-0.15, -0.1) is 11.8 Å². The van der Waals surface area contributed by atoms with E-state index in [1.54, 1.807) is 6.92 Å². The zero-order valence-electron chi connectivity index (χ0n) is 20.8. The third-order valence-electron chi connectivity index (χ3n) is 6.55. The van der Waals surface area contributed by atoms with Crippen LogP contribution in [0, 0.1) is 0 Å². The first-order chi connectivity index (χ1) is 18.4. The second-order valence-corrected chi connectivity index (χ2v) is 10.5. The number of halogens is 9. The molecule has 2 aromatic rings. The van der Waals surface area contributed by atoms with Crippen molar-refractivity contribution < 1.29 is 49.0 Å². The zero-order chi connectivity index (χ0) is 29.8. The molecule has 4 nitrogen and oxygen atoms in total. The van der Waals surface area contributed by atoms with E-state index in [1.165, 1.54) is 24.8 Å². The number of carbonyl (C=O) groups is 1. The molecule has 0 aromatic heterocycles. The summed E-state index contributed by atoms with van der Waals surface area (Å²) in [5, 5.41) is 0.418. The van der Waals surface area contributed by atoms with Crippen molar-refractivity contribution >= 4 is 22.9 Å². The van der Waals surface area contributed by atoms with Gasteiger partial charge in [-0.25, -0.2) is 4.79 Å². The number of aliphatic imine (C=N–C) groups is 1. The summed E-state index contributed by atoms with van der Waals surface area (Å²) >= 11 is 1.28. The Morgan fingerprint density at radius 1 is 0.975 bits per heavy atom. The molecule has 0 saturated carbocycles. The first-order valence-corrected chi connectivity index (χ1v) is 12.7. The Kier molecular flexibility index (Phi) is 7.71. The number of cyclic esters (lactones) is 1. The zero-order valence-corrected chi connectivity index (χ0v) is 21.7. The molecule has 3 atom stereocenters. The Balaban J connectivity index is 1.72. The number of thioether (sulfide) groups is 1. The van der Waals surface area contributed by atoms with Crippen molar-refractivity contribution in [1.29, 1.82) is 0 Å². The fourth-order valence-corrected chi connectivity index (χ4v) is 5.60. The van der Waals surface area contributed by atoms with Gasteiger partial charge in [0, 0.05) is 11.3 Å². The molecule has 0 radical (unpaired) electrons. The molecule has 1 unspecified atom stereocenters. The Hall–Kier alpha value is -3.16. The highest BCUT2D eigenvalue weighted by atomic mass is 32.2. The van der Waals surface area contributed by atoms with E-state index in [1.807, 2.05) is 0 Å². The smallest absolute Gasteiger partial charge is 0.416 e. The number of carbonyl (C=O) groups excluding carboxylic acids is 1. The molecule has 2 aliphatic heterocycles.